The van der Waals surface area contributed by atoms with E-state index in [9.17, 15) is 0 Å². The van der Waals surface area contributed by atoms with Crippen LogP contribution in [-0.2, 0) is 0 Å². The molecule has 3 rings (SSSR count). The number of aromatic nitrogens is 4. The summed E-state index contributed by atoms with van der Waals surface area (Å²) in [4.78, 5) is 16.9. The van der Waals surface area contributed by atoms with Crippen molar-refractivity contribution in [1.29, 1.82) is 0 Å². The Kier molecular flexibility index (Phi) is 5.50. The van der Waals surface area contributed by atoms with Crippen molar-refractivity contribution in [2.24, 2.45) is 0 Å². The average Bonchev–Trinajstić information content (AvgIpc) is 2.70. The van der Waals surface area contributed by atoms with Crippen molar-refractivity contribution in [2.75, 3.05) is 32.0 Å². The first-order valence-electron chi connectivity index (χ1n) is 8.08. The molecule has 0 aliphatic heterocycles. The maximum Gasteiger partial charge on any atom is 0.230 e. The molecule has 0 aliphatic rings. The number of nitrogens with zero attached hydrogens (tertiary/aromatic N) is 4. The number of hydrogen-bond acceptors (Lipinski definition) is 9. The topological polar surface area (TPSA) is 103 Å². The van der Waals surface area contributed by atoms with Gasteiger partial charge in [0.05, 0.1) is 27.5 Å². The van der Waals surface area contributed by atoms with Gasteiger partial charge in [0.1, 0.15) is 5.82 Å². The first kappa shape index (κ1) is 18.2. The standard InChI is InChI=1S/C18H20N6O3/c1-11-9-21-18(23-15-10-19-5-6-20-15)24-17(11)22-12-7-13(25-2)16(27-4)14(8-12)26-3/h5-10H,1-4H3,(H2,20,21,22,23,24). The Bertz CT molecular complexity index is 895. The fourth-order valence-electron chi connectivity index (χ4n) is 2.40. The predicted octanol–water partition coefficient (Wildman–Crippen LogP) is 3.09. The highest BCUT2D eigenvalue weighted by Crippen LogP contribution is 2.40. The molecule has 2 heterocycles. The molecule has 1 aromatic carbocycles. The Labute approximate surface area is 156 Å². The zero-order chi connectivity index (χ0) is 19.2. The third-order valence-corrected chi connectivity index (χ3v) is 3.70. The zero-order valence-electron chi connectivity index (χ0n) is 15.5. The highest BCUT2D eigenvalue weighted by atomic mass is 16.5. The Balaban J connectivity index is 1.90. The summed E-state index contributed by atoms with van der Waals surface area (Å²) in [6, 6.07) is 3.61. The van der Waals surface area contributed by atoms with Crippen LogP contribution in [0.15, 0.2) is 36.9 Å². The molecular formula is C18H20N6O3. The molecule has 0 radical (unpaired) electrons. The zero-order valence-corrected chi connectivity index (χ0v) is 15.5. The molecule has 0 spiro atoms. The van der Waals surface area contributed by atoms with E-state index in [1.165, 1.54) is 0 Å². The smallest absolute Gasteiger partial charge is 0.230 e. The van der Waals surface area contributed by atoms with Crippen LogP contribution in [0.4, 0.5) is 23.3 Å². The largest absolute Gasteiger partial charge is 0.493 e. The summed E-state index contributed by atoms with van der Waals surface area (Å²) in [5.41, 5.74) is 1.60. The first-order chi connectivity index (χ1) is 13.1. The first-order valence-corrected chi connectivity index (χ1v) is 8.08. The number of methoxy groups -OCH3 is 3. The maximum absolute atomic E-state index is 5.38. The summed E-state index contributed by atoms with van der Waals surface area (Å²) in [5, 5.41) is 6.27. The van der Waals surface area contributed by atoms with Gasteiger partial charge in [0.2, 0.25) is 11.7 Å². The van der Waals surface area contributed by atoms with Crippen molar-refractivity contribution in [1.82, 2.24) is 19.9 Å². The van der Waals surface area contributed by atoms with Crippen molar-refractivity contribution in [3.8, 4) is 17.2 Å². The lowest BCUT2D eigenvalue weighted by Gasteiger charge is -2.16. The summed E-state index contributed by atoms with van der Waals surface area (Å²) in [5.74, 6) is 3.20. The van der Waals surface area contributed by atoms with E-state index in [1.54, 1.807) is 58.2 Å². The summed E-state index contributed by atoms with van der Waals surface area (Å²) >= 11 is 0. The summed E-state index contributed by atoms with van der Waals surface area (Å²) < 4.78 is 16.1. The van der Waals surface area contributed by atoms with E-state index in [2.05, 4.69) is 30.6 Å². The van der Waals surface area contributed by atoms with Gasteiger partial charge in [-0.2, -0.15) is 4.98 Å². The van der Waals surface area contributed by atoms with Gasteiger partial charge in [-0.15, -0.1) is 0 Å². The van der Waals surface area contributed by atoms with Crippen molar-refractivity contribution >= 4 is 23.3 Å². The maximum atomic E-state index is 5.38. The fourth-order valence-corrected chi connectivity index (χ4v) is 2.40. The minimum atomic E-state index is 0.399. The van der Waals surface area contributed by atoms with Crippen molar-refractivity contribution < 1.29 is 14.2 Å². The van der Waals surface area contributed by atoms with E-state index < -0.39 is 0 Å². The van der Waals surface area contributed by atoms with E-state index in [4.69, 9.17) is 14.2 Å². The molecule has 0 fully saturated rings. The van der Waals surface area contributed by atoms with Crippen LogP contribution < -0.4 is 24.8 Å². The number of benzene rings is 1. The SMILES string of the molecule is COc1cc(Nc2nc(Nc3cnccn3)ncc2C)cc(OC)c1OC. The van der Waals surface area contributed by atoms with E-state index in [0.29, 0.717) is 34.8 Å². The van der Waals surface area contributed by atoms with Gasteiger partial charge in [-0.25, -0.2) is 9.97 Å². The summed E-state index contributed by atoms with van der Waals surface area (Å²) in [6.45, 7) is 1.91. The molecular weight excluding hydrogens is 348 g/mol. The minimum absolute atomic E-state index is 0.399. The number of anilines is 4. The lowest BCUT2D eigenvalue weighted by atomic mass is 10.2. The molecule has 0 saturated heterocycles. The van der Waals surface area contributed by atoms with Crippen LogP contribution in [-0.4, -0.2) is 41.3 Å². The lowest BCUT2D eigenvalue weighted by Crippen LogP contribution is -2.04. The van der Waals surface area contributed by atoms with Gasteiger partial charge in [0, 0.05) is 42.0 Å². The molecule has 0 atom stereocenters. The predicted molar refractivity (Wildman–Crippen MR) is 101 cm³/mol. The average molecular weight is 368 g/mol. The highest BCUT2D eigenvalue weighted by molar-refractivity contribution is 5.68. The Morgan fingerprint density at radius 1 is 0.852 bits per heavy atom. The molecule has 3 aromatic rings. The molecule has 2 aromatic heterocycles. The quantitative estimate of drug-likeness (QED) is 0.651. The second-order valence-corrected chi connectivity index (χ2v) is 5.48. The van der Waals surface area contributed by atoms with Crippen molar-refractivity contribution in [2.45, 2.75) is 6.92 Å². The molecule has 140 valence electrons. The van der Waals surface area contributed by atoms with Crippen molar-refractivity contribution in [3.63, 3.8) is 0 Å². The van der Waals surface area contributed by atoms with Gasteiger partial charge in [-0.05, 0) is 6.92 Å². The van der Waals surface area contributed by atoms with E-state index in [-0.39, 0.29) is 0 Å². The third kappa shape index (κ3) is 4.14. The molecule has 0 unspecified atom stereocenters. The monoisotopic (exact) mass is 368 g/mol. The molecule has 0 bridgehead atoms. The lowest BCUT2D eigenvalue weighted by molar-refractivity contribution is 0.324. The fraction of sp³-hybridized carbons (Fsp3) is 0.222. The summed E-state index contributed by atoms with van der Waals surface area (Å²) in [7, 11) is 4.70. The Morgan fingerprint density at radius 3 is 2.19 bits per heavy atom. The van der Waals surface area contributed by atoms with Gasteiger partial charge in [-0.1, -0.05) is 0 Å². The number of rotatable bonds is 7. The molecule has 0 saturated carbocycles. The van der Waals surface area contributed by atoms with Gasteiger partial charge < -0.3 is 24.8 Å². The van der Waals surface area contributed by atoms with Gasteiger partial charge in [-0.3, -0.25) is 4.98 Å². The number of ether oxygens (including phenoxy) is 3. The molecule has 0 amide bonds. The van der Waals surface area contributed by atoms with Crippen LogP contribution in [0.5, 0.6) is 17.2 Å². The Morgan fingerprint density at radius 2 is 1.59 bits per heavy atom. The van der Waals surface area contributed by atoms with Gasteiger partial charge >= 0.3 is 0 Å². The van der Waals surface area contributed by atoms with Gasteiger partial charge in [0.25, 0.3) is 0 Å². The van der Waals surface area contributed by atoms with Crippen LogP contribution in [0.25, 0.3) is 0 Å². The molecule has 27 heavy (non-hydrogen) atoms. The number of nitrogens with one attached hydrogen (secondary N) is 2. The Hall–Kier alpha value is -3.62. The number of aryl methyl sites for hydroxylation is 1. The van der Waals surface area contributed by atoms with E-state index >= 15 is 0 Å². The van der Waals surface area contributed by atoms with Crippen LogP contribution in [0.3, 0.4) is 0 Å². The van der Waals surface area contributed by atoms with Crippen LogP contribution in [0.2, 0.25) is 0 Å². The molecule has 2 N–H and O–H groups in total. The highest BCUT2D eigenvalue weighted by Gasteiger charge is 2.14. The normalized spacial score (nSPS) is 10.2. The van der Waals surface area contributed by atoms with Crippen molar-refractivity contribution in [3.05, 3.63) is 42.5 Å². The second-order valence-electron chi connectivity index (χ2n) is 5.48. The number of hydrogen-bond donors (Lipinski definition) is 2. The van der Waals surface area contributed by atoms with Gasteiger partial charge in [0.15, 0.2) is 17.3 Å². The molecule has 9 heteroatoms. The van der Waals surface area contributed by atoms with E-state index in [1.807, 2.05) is 6.92 Å². The summed E-state index contributed by atoms with van der Waals surface area (Å²) in [6.07, 6.45) is 6.49. The third-order valence-electron chi connectivity index (χ3n) is 3.70. The van der Waals surface area contributed by atoms with E-state index in [0.717, 1.165) is 11.3 Å². The van der Waals surface area contributed by atoms with Crippen LogP contribution >= 0.6 is 0 Å². The molecule has 0 aliphatic carbocycles. The second kappa shape index (κ2) is 8.17. The van der Waals surface area contributed by atoms with Crippen LogP contribution in [0, 0.1) is 6.92 Å². The molecule has 9 nitrogen and oxygen atoms in total. The van der Waals surface area contributed by atoms with Crippen LogP contribution in [0.1, 0.15) is 5.56 Å². The minimum Gasteiger partial charge on any atom is -0.493 e.